The van der Waals surface area contributed by atoms with Crippen LogP contribution in [0.4, 0.5) is 0 Å². The van der Waals surface area contributed by atoms with Crippen molar-refractivity contribution >= 4 is 6.29 Å². The molecule has 1 fully saturated rings. The van der Waals surface area contributed by atoms with E-state index in [2.05, 4.69) is 12.2 Å². The Kier molecular flexibility index (Phi) is 2.87. The van der Waals surface area contributed by atoms with E-state index in [9.17, 15) is 4.79 Å². The van der Waals surface area contributed by atoms with Gasteiger partial charge in [-0.3, -0.25) is 0 Å². The normalized spacial score (nSPS) is 33.7. The van der Waals surface area contributed by atoms with Crippen LogP contribution in [0.1, 0.15) is 19.8 Å². The van der Waals surface area contributed by atoms with E-state index in [-0.39, 0.29) is 0 Å². The molecule has 0 aromatic rings. The molecule has 2 unspecified atom stereocenters. The van der Waals surface area contributed by atoms with Crippen LogP contribution in [0.25, 0.3) is 0 Å². The molecule has 0 aromatic carbocycles. The molecule has 0 saturated carbocycles. The van der Waals surface area contributed by atoms with Gasteiger partial charge in [0.05, 0.1) is 0 Å². The molecule has 0 aromatic heterocycles. The maximum absolute atomic E-state index is 10.2. The molecule has 0 amide bonds. The molecule has 0 radical (unpaired) electrons. The molecule has 2 atom stereocenters. The van der Waals surface area contributed by atoms with E-state index in [4.69, 9.17) is 0 Å². The van der Waals surface area contributed by atoms with E-state index in [1.54, 1.807) is 0 Å². The zero-order valence-electron chi connectivity index (χ0n) is 6.47. The van der Waals surface area contributed by atoms with Crippen molar-refractivity contribution in [2.75, 3.05) is 13.1 Å². The molecule has 2 heteroatoms. The van der Waals surface area contributed by atoms with Crippen LogP contribution < -0.4 is 5.32 Å². The largest absolute Gasteiger partial charge is 0.316 e. The van der Waals surface area contributed by atoms with Crippen LogP contribution in [0.5, 0.6) is 0 Å². The number of piperidine rings is 1. The van der Waals surface area contributed by atoms with Crippen molar-refractivity contribution in [2.45, 2.75) is 19.8 Å². The van der Waals surface area contributed by atoms with Gasteiger partial charge in [-0.1, -0.05) is 6.92 Å². The van der Waals surface area contributed by atoms with Crippen molar-refractivity contribution in [3.63, 3.8) is 0 Å². The summed E-state index contributed by atoms with van der Waals surface area (Å²) >= 11 is 0. The average molecular weight is 141 g/mol. The Bertz CT molecular complexity index is 114. The first-order chi connectivity index (χ1) is 4.84. The fourth-order valence-electron chi connectivity index (χ4n) is 1.54. The van der Waals surface area contributed by atoms with Gasteiger partial charge in [-0.2, -0.15) is 0 Å². The summed E-state index contributed by atoms with van der Waals surface area (Å²) in [5, 5.41) is 3.31. The van der Waals surface area contributed by atoms with E-state index < -0.39 is 0 Å². The van der Waals surface area contributed by atoms with Crippen LogP contribution in [-0.4, -0.2) is 19.4 Å². The van der Waals surface area contributed by atoms with Crippen LogP contribution in [0, 0.1) is 11.8 Å². The second-order valence-electron chi connectivity index (χ2n) is 3.13. The molecular formula is C8H15NO. The van der Waals surface area contributed by atoms with Crippen molar-refractivity contribution in [2.24, 2.45) is 11.8 Å². The minimum Gasteiger partial charge on any atom is -0.316 e. The first-order valence-electron chi connectivity index (χ1n) is 3.99. The zero-order valence-corrected chi connectivity index (χ0v) is 6.47. The highest BCUT2D eigenvalue weighted by atomic mass is 16.1. The highest BCUT2D eigenvalue weighted by molar-refractivity contribution is 5.49. The van der Waals surface area contributed by atoms with Crippen LogP contribution >= 0.6 is 0 Å². The molecule has 0 bridgehead atoms. The van der Waals surface area contributed by atoms with Gasteiger partial charge in [-0.15, -0.1) is 0 Å². The van der Waals surface area contributed by atoms with Gasteiger partial charge >= 0.3 is 0 Å². The quantitative estimate of drug-likeness (QED) is 0.577. The topological polar surface area (TPSA) is 29.1 Å². The van der Waals surface area contributed by atoms with Crippen molar-refractivity contribution in [1.29, 1.82) is 0 Å². The van der Waals surface area contributed by atoms with E-state index >= 15 is 0 Å². The number of aldehydes is 1. The number of hydrogen-bond donors (Lipinski definition) is 1. The summed E-state index contributed by atoms with van der Waals surface area (Å²) in [6, 6.07) is 0. The Hall–Kier alpha value is -0.370. The molecule has 1 heterocycles. The number of nitrogens with one attached hydrogen (secondary N) is 1. The summed E-state index contributed by atoms with van der Waals surface area (Å²) in [6.07, 6.45) is 2.97. The summed E-state index contributed by atoms with van der Waals surface area (Å²) in [5.41, 5.74) is 0. The Labute approximate surface area is 62.0 Å². The molecule has 0 spiro atoms. The SMILES string of the molecule is CC1CNCCC1CC=O. The first kappa shape index (κ1) is 7.73. The fraction of sp³-hybridized carbons (Fsp3) is 0.875. The van der Waals surface area contributed by atoms with Crippen LogP contribution in [0.3, 0.4) is 0 Å². The maximum Gasteiger partial charge on any atom is 0.120 e. The molecule has 1 rings (SSSR count). The van der Waals surface area contributed by atoms with E-state index in [0.717, 1.165) is 25.8 Å². The van der Waals surface area contributed by atoms with Crippen LogP contribution in [0.2, 0.25) is 0 Å². The second kappa shape index (κ2) is 3.71. The minimum atomic E-state index is 0.638. The molecule has 1 saturated heterocycles. The summed E-state index contributed by atoms with van der Waals surface area (Å²) in [5.74, 6) is 1.32. The Morgan fingerprint density at radius 1 is 1.70 bits per heavy atom. The maximum atomic E-state index is 10.2. The monoisotopic (exact) mass is 141 g/mol. The van der Waals surface area contributed by atoms with E-state index in [1.807, 2.05) is 0 Å². The van der Waals surface area contributed by atoms with Crippen molar-refractivity contribution in [1.82, 2.24) is 5.32 Å². The smallest absolute Gasteiger partial charge is 0.120 e. The number of carbonyl (C=O) groups is 1. The lowest BCUT2D eigenvalue weighted by Gasteiger charge is -2.27. The Morgan fingerprint density at radius 2 is 2.50 bits per heavy atom. The van der Waals surface area contributed by atoms with Gasteiger partial charge in [0.25, 0.3) is 0 Å². The summed E-state index contributed by atoms with van der Waals surface area (Å²) in [7, 11) is 0. The van der Waals surface area contributed by atoms with Gasteiger partial charge in [0.2, 0.25) is 0 Å². The number of carbonyl (C=O) groups excluding carboxylic acids is 1. The van der Waals surface area contributed by atoms with Gasteiger partial charge < -0.3 is 10.1 Å². The second-order valence-corrected chi connectivity index (χ2v) is 3.13. The molecule has 2 nitrogen and oxygen atoms in total. The van der Waals surface area contributed by atoms with Gasteiger partial charge in [0.1, 0.15) is 6.29 Å². The zero-order chi connectivity index (χ0) is 7.40. The number of rotatable bonds is 2. The molecule has 1 N–H and O–H groups in total. The lowest BCUT2D eigenvalue weighted by molar-refractivity contribution is -0.109. The Morgan fingerprint density at radius 3 is 3.10 bits per heavy atom. The summed E-state index contributed by atoms with van der Waals surface area (Å²) in [4.78, 5) is 10.2. The molecule has 1 aliphatic rings. The third-order valence-corrected chi connectivity index (χ3v) is 2.36. The van der Waals surface area contributed by atoms with E-state index in [0.29, 0.717) is 11.8 Å². The Balaban J connectivity index is 2.32. The molecule has 0 aliphatic carbocycles. The predicted molar refractivity (Wildman–Crippen MR) is 40.8 cm³/mol. The van der Waals surface area contributed by atoms with Crippen LogP contribution in [-0.2, 0) is 4.79 Å². The van der Waals surface area contributed by atoms with Crippen molar-refractivity contribution in [3.8, 4) is 0 Å². The van der Waals surface area contributed by atoms with Crippen LogP contribution in [0.15, 0.2) is 0 Å². The molecule has 10 heavy (non-hydrogen) atoms. The lowest BCUT2D eigenvalue weighted by Crippen LogP contribution is -2.35. The predicted octanol–water partition coefficient (Wildman–Crippen LogP) is 0.821. The third-order valence-electron chi connectivity index (χ3n) is 2.36. The van der Waals surface area contributed by atoms with E-state index in [1.165, 1.54) is 6.42 Å². The summed E-state index contributed by atoms with van der Waals surface area (Å²) < 4.78 is 0. The summed E-state index contributed by atoms with van der Waals surface area (Å²) in [6.45, 7) is 4.38. The third kappa shape index (κ3) is 1.81. The standard InChI is InChI=1S/C8H15NO/c1-7-6-9-4-2-8(7)3-5-10/h5,7-9H,2-4,6H2,1H3. The first-order valence-corrected chi connectivity index (χ1v) is 3.99. The van der Waals surface area contributed by atoms with Gasteiger partial charge in [0.15, 0.2) is 0 Å². The fourth-order valence-corrected chi connectivity index (χ4v) is 1.54. The highest BCUT2D eigenvalue weighted by Gasteiger charge is 2.19. The minimum absolute atomic E-state index is 0.638. The highest BCUT2D eigenvalue weighted by Crippen LogP contribution is 2.20. The van der Waals surface area contributed by atoms with Gasteiger partial charge in [-0.25, -0.2) is 0 Å². The van der Waals surface area contributed by atoms with Gasteiger partial charge in [0, 0.05) is 6.42 Å². The molecule has 58 valence electrons. The molecule has 1 aliphatic heterocycles. The number of hydrogen-bond acceptors (Lipinski definition) is 2. The van der Waals surface area contributed by atoms with Crippen molar-refractivity contribution in [3.05, 3.63) is 0 Å². The average Bonchev–Trinajstić information content (AvgIpc) is 1.94. The van der Waals surface area contributed by atoms with Crippen molar-refractivity contribution < 1.29 is 4.79 Å². The van der Waals surface area contributed by atoms with Gasteiger partial charge in [-0.05, 0) is 31.3 Å². The lowest BCUT2D eigenvalue weighted by atomic mass is 9.86. The molecular weight excluding hydrogens is 126 g/mol.